The second-order valence-corrected chi connectivity index (χ2v) is 12.1. The highest BCUT2D eigenvalue weighted by atomic mass is 19.1. The molecule has 0 aromatic heterocycles. The van der Waals surface area contributed by atoms with E-state index in [2.05, 4.69) is 61.0 Å². The van der Waals surface area contributed by atoms with Crippen molar-refractivity contribution in [1.82, 2.24) is 16.0 Å². The average molecular weight is 558 g/mol. The van der Waals surface area contributed by atoms with Crippen LogP contribution in [0.5, 0.6) is 0 Å². The summed E-state index contributed by atoms with van der Waals surface area (Å²) in [7, 11) is 1.54. The number of halogens is 2. The summed E-state index contributed by atoms with van der Waals surface area (Å²) >= 11 is 0. The highest BCUT2D eigenvalue weighted by Crippen LogP contribution is 2.38. The lowest BCUT2D eigenvalue weighted by Crippen LogP contribution is -2.53. The van der Waals surface area contributed by atoms with E-state index >= 15 is 0 Å². The zero-order valence-electron chi connectivity index (χ0n) is 24.3. The summed E-state index contributed by atoms with van der Waals surface area (Å²) in [6.45, 7) is 6.76. The molecule has 2 aromatic rings. The Morgan fingerprint density at radius 3 is 2.25 bits per heavy atom. The largest absolute Gasteiger partial charge is 0.390 e. The van der Waals surface area contributed by atoms with E-state index in [4.69, 9.17) is 0 Å². The molecule has 40 heavy (non-hydrogen) atoms. The molecule has 0 unspecified atom stereocenters. The molecule has 1 fully saturated rings. The van der Waals surface area contributed by atoms with Gasteiger partial charge < -0.3 is 21.1 Å². The smallest absolute Gasteiger partial charge is 0.220 e. The van der Waals surface area contributed by atoms with Gasteiger partial charge in [-0.05, 0) is 59.9 Å². The van der Waals surface area contributed by atoms with Crippen LogP contribution < -0.4 is 16.0 Å². The molecule has 0 radical (unpaired) electrons. The third-order valence-corrected chi connectivity index (χ3v) is 7.91. The molecule has 0 aliphatic heterocycles. The summed E-state index contributed by atoms with van der Waals surface area (Å²) in [5.74, 6) is -1.90. The van der Waals surface area contributed by atoms with Crippen LogP contribution in [0.15, 0.2) is 42.5 Å². The number of aliphatic hydroxyl groups excluding tert-OH is 1. The monoisotopic (exact) mass is 557 g/mol. The van der Waals surface area contributed by atoms with Crippen LogP contribution in [0.4, 0.5) is 8.78 Å². The summed E-state index contributed by atoms with van der Waals surface area (Å²) in [5.41, 5.74) is 2.46. The number of aliphatic hydroxyl groups is 1. The van der Waals surface area contributed by atoms with Crippen molar-refractivity contribution in [1.29, 1.82) is 0 Å². The zero-order chi connectivity index (χ0) is 29.3. The molecule has 0 bridgehead atoms. The predicted octanol–water partition coefficient (Wildman–Crippen LogP) is 5.02. The quantitative estimate of drug-likeness (QED) is 0.295. The standard InChI is InChI=1S/C32H45F2N3O3/c1-31(2,3)23-10-8-11-24(19-23)32(14-6-5-7-15-32)36-21-28(38)27(18-22-16-25(33)20-26(34)17-22)37-30(40)13-9-12-29(39)35-4/h8,10-11,16-17,19-20,27-28,36,38H,5-7,9,12-15,18,21H2,1-4H3,(H,35,39)(H,37,40)/t27-,28+/m0/s1. The summed E-state index contributed by atoms with van der Waals surface area (Å²) in [5, 5.41) is 20.4. The molecule has 3 rings (SSSR count). The Morgan fingerprint density at radius 1 is 0.975 bits per heavy atom. The maximum atomic E-state index is 13.9. The minimum absolute atomic E-state index is 0.00120. The normalized spacial score (nSPS) is 16.7. The van der Waals surface area contributed by atoms with E-state index in [1.807, 2.05) is 0 Å². The topological polar surface area (TPSA) is 90.5 Å². The van der Waals surface area contributed by atoms with Gasteiger partial charge in [-0.2, -0.15) is 0 Å². The van der Waals surface area contributed by atoms with E-state index in [-0.39, 0.29) is 48.6 Å². The number of rotatable bonds is 12. The summed E-state index contributed by atoms with van der Waals surface area (Å²) in [4.78, 5) is 24.3. The van der Waals surface area contributed by atoms with Gasteiger partial charge in [0.15, 0.2) is 0 Å². The summed E-state index contributed by atoms with van der Waals surface area (Å²) in [6.07, 6.45) is 4.87. The second kappa shape index (κ2) is 14.2. The Bertz CT molecular complexity index is 1120. The third kappa shape index (κ3) is 9.10. The summed E-state index contributed by atoms with van der Waals surface area (Å²) < 4.78 is 27.8. The van der Waals surface area contributed by atoms with Crippen molar-refractivity contribution in [3.63, 3.8) is 0 Å². The van der Waals surface area contributed by atoms with E-state index in [1.54, 1.807) is 7.05 Å². The van der Waals surface area contributed by atoms with E-state index in [0.29, 0.717) is 12.0 Å². The van der Waals surface area contributed by atoms with Crippen molar-refractivity contribution >= 4 is 11.8 Å². The first-order valence-corrected chi connectivity index (χ1v) is 14.4. The van der Waals surface area contributed by atoms with Gasteiger partial charge in [0.25, 0.3) is 0 Å². The molecule has 2 aromatic carbocycles. The Balaban J connectivity index is 1.79. The second-order valence-electron chi connectivity index (χ2n) is 12.1. The van der Waals surface area contributed by atoms with Crippen molar-refractivity contribution in [3.05, 3.63) is 70.8 Å². The fourth-order valence-electron chi connectivity index (χ4n) is 5.53. The van der Waals surface area contributed by atoms with Crippen LogP contribution in [0.1, 0.15) is 88.8 Å². The molecule has 2 atom stereocenters. The number of carbonyl (C=O) groups excluding carboxylic acids is 2. The SMILES string of the molecule is CNC(=O)CCCC(=O)N[C@@H](Cc1cc(F)cc(F)c1)[C@H](O)CNC1(c2cccc(C(C)(C)C)c2)CCCCC1. The number of amides is 2. The van der Waals surface area contributed by atoms with E-state index < -0.39 is 23.8 Å². The number of hydrogen-bond donors (Lipinski definition) is 4. The lowest BCUT2D eigenvalue weighted by Gasteiger charge is -2.41. The average Bonchev–Trinajstić information content (AvgIpc) is 2.91. The van der Waals surface area contributed by atoms with Crippen LogP contribution in [-0.4, -0.2) is 42.7 Å². The Labute approximate surface area is 237 Å². The molecule has 1 aliphatic carbocycles. The first-order chi connectivity index (χ1) is 18.9. The molecule has 1 saturated carbocycles. The van der Waals surface area contributed by atoms with Gasteiger partial charge in [0.05, 0.1) is 12.1 Å². The Hall–Kier alpha value is -2.84. The molecule has 0 heterocycles. The molecule has 220 valence electrons. The van der Waals surface area contributed by atoms with Crippen LogP contribution >= 0.6 is 0 Å². The minimum atomic E-state index is -1.01. The summed E-state index contributed by atoms with van der Waals surface area (Å²) in [6, 6.07) is 11.1. The van der Waals surface area contributed by atoms with Gasteiger partial charge in [-0.3, -0.25) is 9.59 Å². The fourth-order valence-corrected chi connectivity index (χ4v) is 5.53. The Morgan fingerprint density at radius 2 is 1.62 bits per heavy atom. The number of nitrogens with one attached hydrogen (secondary N) is 3. The first kappa shape index (κ1) is 31.7. The van der Waals surface area contributed by atoms with Crippen molar-refractivity contribution in [2.45, 2.75) is 102 Å². The van der Waals surface area contributed by atoms with Gasteiger partial charge in [-0.15, -0.1) is 0 Å². The molecule has 6 nitrogen and oxygen atoms in total. The highest BCUT2D eigenvalue weighted by molar-refractivity contribution is 5.78. The van der Waals surface area contributed by atoms with Gasteiger partial charge >= 0.3 is 0 Å². The lowest BCUT2D eigenvalue weighted by atomic mass is 9.74. The van der Waals surface area contributed by atoms with E-state index in [9.17, 15) is 23.5 Å². The van der Waals surface area contributed by atoms with Crippen molar-refractivity contribution in [2.75, 3.05) is 13.6 Å². The zero-order valence-corrected chi connectivity index (χ0v) is 24.3. The first-order valence-electron chi connectivity index (χ1n) is 14.4. The third-order valence-electron chi connectivity index (χ3n) is 7.91. The molecule has 8 heteroatoms. The van der Waals surface area contributed by atoms with Crippen LogP contribution in [0.3, 0.4) is 0 Å². The molecule has 0 spiro atoms. The van der Waals surface area contributed by atoms with Gasteiger partial charge in [0, 0.05) is 38.0 Å². The van der Waals surface area contributed by atoms with Gasteiger partial charge in [0.2, 0.25) is 11.8 Å². The number of benzene rings is 2. The van der Waals surface area contributed by atoms with E-state index in [1.165, 1.54) is 23.3 Å². The molecule has 0 saturated heterocycles. The van der Waals surface area contributed by atoms with Crippen molar-refractivity contribution < 1.29 is 23.5 Å². The van der Waals surface area contributed by atoms with Crippen molar-refractivity contribution in [2.24, 2.45) is 0 Å². The van der Waals surface area contributed by atoms with Gasteiger partial charge in [-0.25, -0.2) is 8.78 Å². The molecular weight excluding hydrogens is 512 g/mol. The molecule has 1 aliphatic rings. The van der Waals surface area contributed by atoms with Crippen LogP contribution in [0.25, 0.3) is 0 Å². The van der Waals surface area contributed by atoms with Gasteiger partial charge in [-0.1, -0.05) is 64.3 Å². The molecule has 4 N–H and O–H groups in total. The van der Waals surface area contributed by atoms with Crippen LogP contribution in [0.2, 0.25) is 0 Å². The maximum Gasteiger partial charge on any atom is 0.220 e. The highest BCUT2D eigenvalue weighted by Gasteiger charge is 2.35. The molecule has 2 amide bonds. The van der Waals surface area contributed by atoms with Gasteiger partial charge in [0.1, 0.15) is 11.6 Å². The van der Waals surface area contributed by atoms with E-state index in [0.717, 1.165) is 38.2 Å². The van der Waals surface area contributed by atoms with Crippen LogP contribution in [-0.2, 0) is 27.0 Å². The Kier molecular flexibility index (Phi) is 11.2. The fraction of sp³-hybridized carbons (Fsp3) is 0.562. The predicted molar refractivity (Wildman–Crippen MR) is 154 cm³/mol. The number of hydrogen-bond acceptors (Lipinski definition) is 4. The maximum absolute atomic E-state index is 13.9. The minimum Gasteiger partial charge on any atom is -0.390 e. The lowest BCUT2D eigenvalue weighted by molar-refractivity contribution is -0.123. The molecular formula is C32H45F2N3O3. The van der Waals surface area contributed by atoms with Crippen LogP contribution in [0, 0.1) is 11.6 Å². The number of carbonyl (C=O) groups is 2. The van der Waals surface area contributed by atoms with Crippen molar-refractivity contribution in [3.8, 4) is 0 Å².